The maximum Gasteiger partial charge on any atom is 0.0704 e. The van der Waals surface area contributed by atoms with Gasteiger partial charge in [-0.25, -0.2) is 5.84 Å². The monoisotopic (exact) mass is 411 g/mol. The molecule has 0 spiro atoms. The third kappa shape index (κ3) is 19.3. The first-order valence-electron chi connectivity index (χ1n) is 10.8. The lowest BCUT2D eigenvalue weighted by molar-refractivity contribution is 0.241. The number of hydrogen-bond donors (Lipinski definition) is 5. The number of hydrogen-bond acceptors (Lipinski definition) is 6. The van der Waals surface area contributed by atoms with Crippen LogP contribution in [0.1, 0.15) is 61.8 Å². The first-order valence-corrected chi connectivity index (χ1v) is 10.8. The van der Waals surface area contributed by atoms with Crippen LogP contribution in [0.4, 0.5) is 0 Å². The molecule has 0 aromatic heterocycles. The third-order valence-corrected chi connectivity index (χ3v) is 3.26. The lowest BCUT2D eigenvalue weighted by atomic mass is 9.96. The zero-order valence-electron chi connectivity index (χ0n) is 20.5. The van der Waals surface area contributed by atoms with Crippen LogP contribution in [-0.4, -0.2) is 43.4 Å². The molecule has 0 aromatic carbocycles. The summed E-state index contributed by atoms with van der Waals surface area (Å²) in [4.78, 5) is 0. The number of aliphatic hydroxyl groups excluding tert-OH is 1. The molecule has 0 heterocycles. The van der Waals surface area contributed by atoms with Crippen molar-refractivity contribution in [1.82, 2.24) is 15.6 Å². The Labute approximate surface area is 180 Å². The minimum atomic E-state index is 0.0152. The van der Waals surface area contributed by atoms with Crippen LogP contribution in [0.15, 0.2) is 47.5 Å². The molecule has 0 aliphatic rings. The molecule has 0 bridgehead atoms. The molecule has 0 fully saturated rings. The summed E-state index contributed by atoms with van der Waals surface area (Å²) in [5, 5.41) is 17.0. The van der Waals surface area contributed by atoms with Crippen molar-refractivity contribution in [2.24, 2.45) is 17.0 Å². The van der Waals surface area contributed by atoms with Crippen molar-refractivity contribution in [3.05, 3.63) is 47.5 Å². The average Bonchev–Trinajstić information content (AvgIpc) is 2.68. The van der Waals surface area contributed by atoms with Crippen molar-refractivity contribution < 1.29 is 5.11 Å². The van der Waals surface area contributed by atoms with Crippen molar-refractivity contribution in [2.75, 3.05) is 33.3 Å². The fourth-order valence-electron chi connectivity index (χ4n) is 2.20. The SMILES string of the molecule is CC.CC.CC/C=C(\C(N)=C/CNCC(/C=C\NC)=C/CO)N(N)CC(C)(C)C. The van der Waals surface area contributed by atoms with E-state index in [0.717, 1.165) is 24.2 Å². The topological polar surface area (TPSA) is 99.6 Å². The molecule has 0 aliphatic carbocycles. The first kappa shape index (κ1) is 31.9. The van der Waals surface area contributed by atoms with Crippen molar-refractivity contribution in [3.8, 4) is 0 Å². The molecule has 29 heavy (non-hydrogen) atoms. The van der Waals surface area contributed by atoms with Gasteiger partial charge in [-0.05, 0) is 35.8 Å². The van der Waals surface area contributed by atoms with E-state index < -0.39 is 0 Å². The Morgan fingerprint density at radius 2 is 1.66 bits per heavy atom. The maximum atomic E-state index is 9.05. The second-order valence-corrected chi connectivity index (χ2v) is 7.06. The summed E-state index contributed by atoms with van der Waals surface area (Å²) in [5.74, 6) is 6.21. The number of nitrogens with one attached hydrogen (secondary N) is 2. The lowest BCUT2D eigenvalue weighted by Crippen LogP contribution is -2.39. The second kappa shape index (κ2) is 21.0. The van der Waals surface area contributed by atoms with Crippen molar-refractivity contribution in [1.29, 1.82) is 0 Å². The Kier molecular flexibility index (Phi) is 23.1. The maximum absolute atomic E-state index is 9.05. The average molecular weight is 412 g/mol. The van der Waals surface area contributed by atoms with E-state index in [1.165, 1.54) is 0 Å². The van der Waals surface area contributed by atoms with Crippen molar-refractivity contribution in [3.63, 3.8) is 0 Å². The van der Waals surface area contributed by atoms with Crippen LogP contribution in [0.2, 0.25) is 0 Å². The van der Waals surface area contributed by atoms with Crippen molar-refractivity contribution in [2.45, 2.75) is 61.8 Å². The summed E-state index contributed by atoms with van der Waals surface area (Å²) in [7, 11) is 1.84. The standard InChI is InChI=1S/C19H37N5O.2C2H6/c1-6-7-18(24(21)15-19(2,3)4)17(20)9-12-23-14-16(10-13-25)8-11-22-5;2*1-2/h7-11,22-23,25H,6,12-15,20-21H2,1-5H3;2*1-2H3/b11-8-,16-10+,17-9+,18-7+;;. The molecule has 0 aromatic rings. The van der Waals surface area contributed by atoms with Crippen LogP contribution < -0.4 is 22.2 Å². The van der Waals surface area contributed by atoms with Gasteiger partial charge in [0.2, 0.25) is 0 Å². The Hall–Kier alpha value is -1.76. The summed E-state index contributed by atoms with van der Waals surface area (Å²) in [6, 6.07) is 0. The smallest absolute Gasteiger partial charge is 0.0704 e. The Morgan fingerprint density at radius 1 is 1.07 bits per heavy atom. The van der Waals surface area contributed by atoms with Gasteiger partial charge < -0.3 is 26.5 Å². The van der Waals surface area contributed by atoms with E-state index in [2.05, 4.69) is 38.3 Å². The largest absolute Gasteiger partial charge is 0.397 e. The van der Waals surface area contributed by atoms with E-state index in [4.69, 9.17) is 16.7 Å². The zero-order chi connectivity index (χ0) is 23.3. The summed E-state index contributed by atoms with van der Waals surface area (Å²) in [6.45, 7) is 18.5. The van der Waals surface area contributed by atoms with Crippen LogP contribution in [0.3, 0.4) is 0 Å². The summed E-state index contributed by atoms with van der Waals surface area (Å²) >= 11 is 0. The quantitative estimate of drug-likeness (QED) is 0.154. The van der Waals surface area contributed by atoms with Gasteiger partial charge in [0.1, 0.15) is 0 Å². The molecule has 0 saturated carbocycles. The fraction of sp³-hybridized carbons (Fsp3) is 0.652. The van der Waals surface area contributed by atoms with Crippen LogP contribution in [0.25, 0.3) is 0 Å². The molecular formula is C23H49N5O. The summed E-state index contributed by atoms with van der Waals surface area (Å²) in [5.41, 5.74) is 8.85. The lowest BCUT2D eigenvalue weighted by Gasteiger charge is -2.29. The minimum Gasteiger partial charge on any atom is -0.397 e. The molecule has 0 atom stereocenters. The molecule has 0 radical (unpaired) electrons. The normalized spacial score (nSPS) is 12.7. The first-order chi connectivity index (χ1) is 13.7. The van der Waals surface area contributed by atoms with Gasteiger partial charge in [0, 0.05) is 26.7 Å². The molecular weight excluding hydrogens is 362 g/mol. The van der Waals surface area contributed by atoms with E-state index in [1.54, 1.807) is 11.1 Å². The van der Waals surface area contributed by atoms with E-state index in [9.17, 15) is 0 Å². The van der Waals surface area contributed by atoms with Crippen molar-refractivity contribution >= 4 is 0 Å². The van der Waals surface area contributed by atoms with Gasteiger partial charge in [0.25, 0.3) is 0 Å². The molecule has 6 nitrogen and oxygen atoms in total. The summed E-state index contributed by atoms with van der Waals surface area (Å²) in [6.07, 6.45) is 10.4. The Bertz CT molecular complexity index is 488. The van der Waals surface area contributed by atoms with E-state index >= 15 is 0 Å². The fourth-order valence-corrected chi connectivity index (χ4v) is 2.20. The van der Waals surface area contributed by atoms with Gasteiger partial charge >= 0.3 is 0 Å². The Morgan fingerprint density at radius 3 is 2.10 bits per heavy atom. The number of hydrazine groups is 1. The predicted molar refractivity (Wildman–Crippen MR) is 130 cm³/mol. The highest BCUT2D eigenvalue weighted by Crippen LogP contribution is 2.18. The number of nitrogens with two attached hydrogens (primary N) is 2. The van der Waals surface area contributed by atoms with Gasteiger partial charge in [0.15, 0.2) is 0 Å². The molecule has 0 saturated heterocycles. The zero-order valence-corrected chi connectivity index (χ0v) is 20.5. The molecule has 0 unspecified atom stereocenters. The van der Waals surface area contributed by atoms with Gasteiger partial charge in [-0.3, -0.25) is 0 Å². The van der Waals surface area contributed by atoms with Crippen LogP contribution >= 0.6 is 0 Å². The molecule has 0 aliphatic heterocycles. The number of aliphatic hydroxyl groups is 1. The van der Waals surface area contributed by atoms with Crippen LogP contribution in [-0.2, 0) is 0 Å². The predicted octanol–water partition coefficient (Wildman–Crippen LogP) is 3.64. The van der Waals surface area contributed by atoms with Gasteiger partial charge in [-0.15, -0.1) is 0 Å². The van der Waals surface area contributed by atoms with Crippen LogP contribution in [0.5, 0.6) is 0 Å². The molecule has 7 N–H and O–H groups in total. The second-order valence-electron chi connectivity index (χ2n) is 7.06. The van der Waals surface area contributed by atoms with E-state index in [0.29, 0.717) is 18.8 Å². The third-order valence-electron chi connectivity index (χ3n) is 3.26. The van der Waals surface area contributed by atoms with Crippen LogP contribution in [0, 0.1) is 5.41 Å². The molecule has 172 valence electrons. The molecule has 0 amide bonds. The molecule has 6 heteroatoms. The molecule has 0 rings (SSSR count). The van der Waals surface area contributed by atoms with Gasteiger partial charge in [-0.2, -0.15) is 0 Å². The summed E-state index contributed by atoms with van der Waals surface area (Å²) < 4.78 is 0. The van der Waals surface area contributed by atoms with E-state index in [1.807, 2.05) is 59.2 Å². The highest BCUT2D eigenvalue weighted by Gasteiger charge is 2.17. The number of allylic oxidation sites excluding steroid dienone is 1. The van der Waals surface area contributed by atoms with Gasteiger partial charge in [-0.1, -0.05) is 67.5 Å². The highest BCUT2D eigenvalue weighted by molar-refractivity contribution is 5.27. The van der Waals surface area contributed by atoms with E-state index in [-0.39, 0.29) is 12.0 Å². The minimum absolute atomic E-state index is 0.0152. The van der Waals surface area contributed by atoms with Gasteiger partial charge in [0.05, 0.1) is 18.0 Å². The number of nitrogens with zero attached hydrogens (tertiary/aromatic N) is 1. The number of rotatable bonds is 11. The Balaban J connectivity index is -0.00000158. The highest BCUT2D eigenvalue weighted by atomic mass is 16.2.